The molecule has 21 heavy (non-hydrogen) atoms. The van der Waals surface area contributed by atoms with Gasteiger partial charge in [0.25, 0.3) is 0 Å². The molecule has 1 heterocycles. The Balaban J connectivity index is 1.89. The van der Waals surface area contributed by atoms with Gasteiger partial charge in [-0.05, 0) is 36.6 Å². The number of rotatable bonds is 3. The highest BCUT2D eigenvalue weighted by atomic mass is 16.5. The average molecular weight is 288 g/mol. The Morgan fingerprint density at radius 1 is 1.33 bits per heavy atom. The first-order chi connectivity index (χ1) is 10.1. The first-order valence-corrected chi connectivity index (χ1v) is 7.00. The maximum Gasteiger partial charge on any atom is 0.308 e. The van der Waals surface area contributed by atoms with E-state index in [2.05, 4.69) is 0 Å². The third kappa shape index (κ3) is 4.08. The van der Waals surface area contributed by atoms with Crippen LogP contribution in [0.5, 0.6) is 0 Å². The summed E-state index contributed by atoms with van der Waals surface area (Å²) in [5, 5.41) is 0. The number of amides is 1. The number of ether oxygens (including phenoxy) is 1. The van der Waals surface area contributed by atoms with Crippen molar-refractivity contribution in [2.75, 3.05) is 25.9 Å². The van der Waals surface area contributed by atoms with Gasteiger partial charge in [-0.15, -0.1) is 0 Å². The number of hydrogen-bond donors (Lipinski definition) is 1. The van der Waals surface area contributed by atoms with Crippen molar-refractivity contribution in [1.82, 2.24) is 4.90 Å². The monoisotopic (exact) mass is 288 g/mol. The van der Waals surface area contributed by atoms with E-state index in [9.17, 15) is 9.59 Å². The molecule has 0 spiro atoms. The van der Waals surface area contributed by atoms with Crippen LogP contribution >= 0.6 is 0 Å². The Morgan fingerprint density at radius 3 is 2.67 bits per heavy atom. The molecule has 112 valence electrons. The van der Waals surface area contributed by atoms with Gasteiger partial charge in [-0.25, -0.2) is 0 Å². The lowest BCUT2D eigenvalue weighted by Crippen LogP contribution is -2.39. The van der Waals surface area contributed by atoms with Crippen molar-refractivity contribution in [1.29, 1.82) is 0 Å². The van der Waals surface area contributed by atoms with Crippen LogP contribution in [0.25, 0.3) is 6.08 Å². The lowest BCUT2D eigenvalue weighted by atomic mass is 9.97. The fourth-order valence-corrected chi connectivity index (χ4v) is 2.44. The van der Waals surface area contributed by atoms with Crippen LogP contribution in [0.2, 0.25) is 0 Å². The Bertz CT molecular complexity index is 546. The number of piperidine rings is 1. The summed E-state index contributed by atoms with van der Waals surface area (Å²) in [6.07, 6.45) is 4.62. The van der Waals surface area contributed by atoms with Crippen molar-refractivity contribution in [3.63, 3.8) is 0 Å². The van der Waals surface area contributed by atoms with Crippen molar-refractivity contribution in [3.05, 3.63) is 35.9 Å². The first kappa shape index (κ1) is 15.1. The minimum atomic E-state index is -0.183. The summed E-state index contributed by atoms with van der Waals surface area (Å²) in [5.41, 5.74) is 7.26. The molecule has 0 unspecified atom stereocenters. The van der Waals surface area contributed by atoms with Gasteiger partial charge in [0.15, 0.2) is 0 Å². The molecule has 1 aromatic carbocycles. The van der Waals surface area contributed by atoms with Gasteiger partial charge in [-0.2, -0.15) is 0 Å². The smallest absolute Gasteiger partial charge is 0.308 e. The molecule has 2 rings (SSSR count). The summed E-state index contributed by atoms with van der Waals surface area (Å²) in [6, 6.07) is 7.36. The van der Waals surface area contributed by atoms with Crippen molar-refractivity contribution in [2.45, 2.75) is 12.8 Å². The number of carbonyl (C=O) groups excluding carboxylic acids is 2. The van der Waals surface area contributed by atoms with Gasteiger partial charge in [0.1, 0.15) is 0 Å². The zero-order valence-corrected chi connectivity index (χ0v) is 12.1. The second-order valence-corrected chi connectivity index (χ2v) is 5.13. The molecule has 0 bridgehead atoms. The second-order valence-electron chi connectivity index (χ2n) is 5.13. The minimum Gasteiger partial charge on any atom is -0.469 e. The Hall–Kier alpha value is -2.30. The Labute approximate surface area is 124 Å². The topological polar surface area (TPSA) is 72.6 Å². The van der Waals surface area contributed by atoms with Crippen molar-refractivity contribution >= 4 is 23.6 Å². The summed E-state index contributed by atoms with van der Waals surface area (Å²) >= 11 is 0. The van der Waals surface area contributed by atoms with E-state index in [1.807, 2.05) is 18.2 Å². The van der Waals surface area contributed by atoms with E-state index in [4.69, 9.17) is 10.5 Å². The number of nitrogen functional groups attached to an aromatic ring is 1. The van der Waals surface area contributed by atoms with Gasteiger partial charge >= 0.3 is 5.97 Å². The number of methoxy groups -OCH3 is 1. The normalized spacial score (nSPS) is 16.1. The number of nitrogens with two attached hydrogens (primary N) is 1. The third-order valence-corrected chi connectivity index (χ3v) is 3.67. The summed E-state index contributed by atoms with van der Waals surface area (Å²) in [4.78, 5) is 25.3. The van der Waals surface area contributed by atoms with Crippen molar-refractivity contribution in [2.24, 2.45) is 5.92 Å². The number of nitrogens with zero attached hydrogens (tertiary/aromatic N) is 1. The average Bonchev–Trinajstić information content (AvgIpc) is 2.52. The predicted octanol–water partition coefficient (Wildman–Crippen LogP) is 1.69. The molecule has 2 N–H and O–H groups in total. The molecule has 0 aromatic heterocycles. The van der Waals surface area contributed by atoms with E-state index < -0.39 is 0 Å². The van der Waals surface area contributed by atoms with E-state index in [1.54, 1.807) is 23.1 Å². The number of carbonyl (C=O) groups is 2. The molecule has 5 nitrogen and oxygen atoms in total. The molecular weight excluding hydrogens is 268 g/mol. The highest BCUT2D eigenvalue weighted by Gasteiger charge is 2.26. The van der Waals surface area contributed by atoms with Crippen LogP contribution in [0.15, 0.2) is 30.3 Å². The highest BCUT2D eigenvalue weighted by Crippen LogP contribution is 2.19. The summed E-state index contributed by atoms with van der Waals surface area (Å²) < 4.78 is 4.73. The fourth-order valence-electron chi connectivity index (χ4n) is 2.44. The van der Waals surface area contributed by atoms with E-state index in [0.29, 0.717) is 31.6 Å². The largest absolute Gasteiger partial charge is 0.469 e. The van der Waals surface area contributed by atoms with Gasteiger partial charge in [-0.3, -0.25) is 9.59 Å². The van der Waals surface area contributed by atoms with Gasteiger partial charge < -0.3 is 15.4 Å². The number of benzene rings is 1. The number of esters is 1. The molecule has 1 fully saturated rings. The standard InChI is InChI=1S/C16H20N2O3/c1-21-16(20)13-7-9-18(10-8-13)15(19)6-5-12-3-2-4-14(17)11-12/h2-6,11,13H,7-10,17H2,1H3/b6-5+. The lowest BCUT2D eigenvalue weighted by Gasteiger charge is -2.29. The molecule has 0 aliphatic carbocycles. The zero-order chi connectivity index (χ0) is 15.2. The third-order valence-electron chi connectivity index (χ3n) is 3.67. The molecule has 0 radical (unpaired) electrons. The molecule has 1 aliphatic rings. The SMILES string of the molecule is COC(=O)C1CCN(C(=O)/C=C/c2cccc(N)c2)CC1. The van der Waals surface area contributed by atoms with E-state index in [0.717, 1.165) is 5.56 Å². The molecule has 1 aliphatic heterocycles. The maximum absolute atomic E-state index is 12.1. The van der Waals surface area contributed by atoms with Crippen LogP contribution in [0.1, 0.15) is 18.4 Å². The van der Waals surface area contributed by atoms with E-state index >= 15 is 0 Å². The van der Waals surface area contributed by atoms with Crippen LogP contribution in [-0.4, -0.2) is 37.0 Å². The number of hydrogen-bond acceptors (Lipinski definition) is 4. The summed E-state index contributed by atoms with van der Waals surface area (Å²) in [7, 11) is 1.40. The van der Waals surface area contributed by atoms with Crippen LogP contribution in [-0.2, 0) is 14.3 Å². The van der Waals surface area contributed by atoms with Crippen LogP contribution < -0.4 is 5.73 Å². The van der Waals surface area contributed by atoms with Crippen molar-refractivity contribution < 1.29 is 14.3 Å². The van der Waals surface area contributed by atoms with Gasteiger partial charge in [0, 0.05) is 24.9 Å². The van der Waals surface area contributed by atoms with E-state index in [1.165, 1.54) is 7.11 Å². The molecule has 0 saturated carbocycles. The predicted molar refractivity (Wildman–Crippen MR) is 81.2 cm³/mol. The quantitative estimate of drug-likeness (QED) is 0.522. The first-order valence-electron chi connectivity index (χ1n) is 7.00. The minimum absolute atomic E-state index is 0.0410. The van der Waals surface area contributed by atoms with Gasteiger partial charge in [-0.1, -0.05) is 12.1 Å². The number of likely N-dealkylation sites (tertiary alicyclic amines) is 1. The maximum atomic E-state index is 12.1. The zero-order valence-electron chi connectivity index (χ0n) is 12.1. The molecule has 1 amide bonds. The Morgan fingerprint density at radius 2 is 2.05 bits per heavy atom. The second kappa shape index (κ2) is 6.92. The van der Waals surface area contributed by atoms with Crippen LogP contribution in [0.4, 0.5) is 5.69 Å². The fraction of sp³-hybridized carbons (Fsp3) is 0.375. The molecule has 0 atom stereocenters. The summed E-state index contributed by atoms with van der Waals surface area (Å²) in [6.45, 7) is 1.17. The molecule has 1 saturated heterocycles. The molecule has 5 heteroatoms. The van der Waals surface area contributed by atoms with Crippen LogP contribution in [0.3, 0.4) is 0 Å². The van der Waals surface area contributed by atoms with Crippen molar-refractivity contribution in [3.8, 4) is 0 Å². The van der Waals surface area contributed by atoms with Gasteiger partial charge in [0.2, 0.25) is 5.91 Å². The van der Waals surface area contributed by atoms with Crippen LogP contribution in [0, 0.1) is 5.92 Å². The summed E-state index contributed by atoms with van der Waals surface area (Å²) in [5.74, 6) is -0.310. The Kier molecular flexibility index (Phi) is 4.98. The highest BCUT2D eigenvalue weighted by molar-refractivity contribution is 5.92. The van der Waals surface area contributed by atoms with Gasteiger partial charge in [0.05, 0.1) is 13.0 Å². The van der Waals surface area contributed by atoms with E-state index in [-0.39, 0.29) is 17.8 Å². The molecule has 1 aromatic rings. The number of anilines is 1. The molecular formula is C16H20N2O3. The lowest BCUT2D eigenvalue weighted by molar-refractivity contribution is -0.148.